The molecule has 0 unspecified atom stereocenters. The Hall–Kier alpha value is -1.84. The summed E-state index contributed by atoms with van der Waals surface area (Å²) in [4.78, 5) is 11.9. The van der Waals surface area contributed by atoms with Crippen LogP contribution in [0.25, 0.3) is 10.9 Å². The molecule has 0 aliphatic heterocycles. The van der Waals surface area contributed by atoms with Crippen LogP contribution in [0.2, 0.25) is 0 Å². The molecule has 0 saturated heterocycles. The smallest absolute Gasteiger partial charge is 0.310 e. The number of nitrogens with zero attached hydrogens (tertiary/aromatic N) is 2. The quantitative estimate of drug-likeness (QED) is 0.780. The Balaban J connectivity index is 2.33. The zero-order chi connectivity index (χ0) is 14.2. The van der Waals surface area contributed by atoms with Crippen LogP contribution in [0.4, 0.5) is 0 Å². The van der Waals surface area contributed by atoms with Crippen LogP contribution < -0.4 is 0 Å². The van der Waals surface area contributed by atoms with Crippen LogP contribution in [-0.2, 0) is 23.0 Å². The number of carbonyl (C=O) groups excluding carboxylic acids is 1. The highest BCUT2D eigenvalue weighted by Crippen LogP contribution is 2.22. The maximum atomic E-state index is 11.9. The minimum Gasteiger partial charge on any atom is -0.460 e. The van der Waals surface area contributed by atoms with Gasteiger partial charge in [-0.25, -0.2) is 0 Å². The Kier molecular flexibility index (Phi) is 3.35. The number of aryl methyl sites for hydroxylation is 2. The fourth-order valence-corrected chi connectivity index (χ4v) is 2.27. The van der Waals surface area contributed by atoms with Crippen LogP contribution in [0.5, 0.6) is 0 Å². The Morgan fingerprint density at radius 2 is 2.05 bits per heavy atom. The van der Waals surface area contributed by atoms with Crippen LogP contribution in [0, 0.1) is 6.92 Å². The van der Waals surface area contributed by atoms with E-state index in [1.54, 1.807) is 0 Å². The molecule has 102 valence electrons. The standard InChI is InChI=1S/C15H20N2O2/c1-10-12-8-6-7-11(14(12)17(5)16-10)9-13(18)19-15(2,3)4/h6-8H,9H2,1-5H3. The molecule has 0 fully saturated rings. The number of rotatable bonds is 2. The van der Waals surface area contributed by atoms with Gasteiger partial charge in [-0.05, 0) is 33.3 Å². The first-order valence-corrected chi connectivity index (χ1v) is 6.41. The largest absolute Gasteiger partial charge is 0.460 e. The Bertz CT molecular complexity index is 621. The minimum atomic E-state index is -0.451. The van der Waals surface area contributed by atoms with Gasteiger partial charge in [0, 0.05) is 12.4 Å². The Morgan fingerprint density at radius 1 is 1.37 bits per heavy atom. The number of esters is 1. The first-order valence-electron chi connectivity index (χ1n) is 6.41. The second kappa shape index (κ2) is 4.68. The Morgan fingerprint density at radius 3 is 2.68 bits per heavy atom. The molecule has 2 aromatic rings. The molecule has 2 rings (SSSR count). The third-order valence-electron chi connectivity index (χ3n) is 2.89. The van der Waals surface area contributed by atoms with Gasteiger partial charge in [-0.15, -0.1) is 0 Å². The van der Waals surface area contributed by atoms with E-state index in [0.29, 0.717) is 0 Å². The van der Waals surface area contributed by atoms with Gasteiger partial charge in [0.1, 0.15) is 5.60 Å². The van der Waals surface area contributed by atoms with E-state index in [9.17, 15) is 4.79 Å². The molecular formula is C15H20N2O2. The van der Waals surface area contributed by atoms with Gasteiger partial charge in [0.15, 0.2) is 0 Å². The zero-order valence-corrected chi connectivity index (χ0v) is 12.2. The van der Waals surface area contributed by atoms with Gasteiger partial charge >= 0.3 is 5.97 Å². The van der Waals surface area contributed by atoms with Crippen LogP contribution in [0.15, 0.2) is 18.2 Å². The van der Waals surface area contributed by atoms with Crippen LogP contribution >= 0.6 is 0 Å². The van der Waals surface area contributed by atoms with Crippen molar-refractivity contribution >= 4 is 16.9 Å². The summed E-state index contributed by atoms with van der Waals surface area (Å²) < 4.78 is 7.19. The van der Waals surface area contributed by atoms with E-state index in [1.165, 1.54) is 0 Å². The molecule has 1 aromatic carbocycles. The molecule has 0 aliphatic rings. The number of benzene rings is 1. The van der Waals surface area contributed by atoms with Crippen molar-refractivity contribution in [2.75, 3.05) is 0 Å². The second-order valence-electron chi connectivity index (χ2n) is 5.79. The normalized spacial score (nSPS) is 11.8. The molecule has 0 atom stereocenters. The topological polar surface area (TPSA) is 44.1 Å². The molecule has 0 spiro atoms. The first-order chi connectivity index (χ1) is 8.78. The van der Waals surface area contributed by atoms with Crippen molar-refractivity contribution in [2.24, 2.45) is 7.05 Å². The molecule has 4 nitrogen and oxygen atoms in total. The molecule has 0 saturated carbocycles. The summed E-state index contributed by atoms with van der Waals surface area (Å²) in [6, 6.07) is 5.93. The van der Waals surface area contributed by atoms with E-state index in [1.807, 2.05) is 57.6 Å². The highest BCUT2D eigenvalue weighted by molar-refractivity contribution is 5.88. The van der Waals surface area contributed by atoms with Crippen molar-refractivity contribution in [1.29, 1.82) is 0 Å². The van der Waals surface area contributed by atoms with E-state index in [2.05, 4.69) is 5.10 Å². The summed E-state index contributed by atoms with van der Waals surface area (Å²) in [5.41, 5.74) is 2.48. The van der Waals surface area contributed by atoms with Gasteiger partial charge in [0.05, 0.1) is 17.6 Å². The van der Waals surface area contributed by atoms with Crippen molar-refractivity contribution in [3.05, 3.63) is 29.5 Å². The fraction of sp³-hybridized carbons (Fsp3) is 0.467. The average Bonchev–Trinajstić information content (AvgIpc) is 2.53. The number of aromatic nitrogens is 2. The monoisotopic (exact) mass is 260 g/mol. The van der Waals surface area contributed by atoms with E-state index >= 15 is 0 Å². The van der Waals surface area contributed by atoms with E-state index in [4.69, 9.17) is 4.74 Å². The predicted octanol–water partition coefficient (Wildman–Crippen LogP) is 2.77. The zero-order valence-electron chi connectivity index (χ0n) is 12.2. The molecular weight excluding hydrogens is 240 g/mol. The number of hydrogen-bond donors (Lipinski definition) is 0. The van der Waals surface area contributed by atoms with Gasteiger partial charge < -0.3 is 4.74 Å². The lowest BCUT2D eigenvalue weighted by molar-refractivity contribution is -0.153. The summed E-state index contributed by atoms with van der Waals surface area (Å²) >= 11 is 0. The highest BCUT2D eigenvalue weighted by atomic mass is 16.6. The molecule has 0 bridgehead atoms. The number of ether oxygens (including phenoxy) is 1. The van der Waals surface area contributed by atoms with Crippen LogP contribution in [-0.4, -0.2) is 21.4 Å². The molecule has 0 amide bonds. The molecule has 0 radical (unpaired) electrons. The predicted molar refractivity (Wildman–Crippen MR) is 75.0 cm³/mol. The van der Waals surface area contributed by atoms with Gasteiger partial charge in [-0.2, -0.15) is 5.10 Å². The summed E-state index contributed by atoms with van der Waals surface area (Å²) in [5, 5.41) is 5.48. The van der Waals surface area contributed by atoms with Crippen molar-refractivity contribution in [3.63, 3.8) is 0 Å². The summed E-state index contributed by atoms with van der Waals surface area (Å²) in [7, 11) is 1.90. The molecule has 0 N–H and O–H groups in total. The second-order valence-corrected chi connectivity index (χ2v) is 5.79. The van der Waals surface area contributed by atoms with Crippen molar-refractivity contribution in [2.45, 2.75) is 39.7 Å². The molecule has 4 heteroatoms. The SMILES string of the molecule is Cc1nn(C)c2c(CC(=O)OC(C)(C)C)cccc12. The van der Waals surface area contributed by atoms with Crippen LogP contribution in [0.1, 0.15) is 32.0 Å². The van der Waals surface area contributed by atoms with E-state index in [-0.39, 0.29) is 12.4 Å². The van der Waals surface area contributed by atoms with Gasteiger partial charge in [0.25, 0.3) is 0 Å². The van der Waals surface area contributed by atoms with E-state index < -0.39 is 5.60 Å². The molecule has 0 aliphatic carbocycles. The summed E-state index contributed by atoms with van der Waals surface area (Å²) in [6.45, 7) is 7.60. The number of hydrogen-bond acceptors (Lipinski definition) is 3. The lowest BCUT2D eigenvalue weighted by atomic mass is 10.1. The number of carbonyl (C=O) groups is 1. The molecule has 1 aromatic heterocycles. The third kappa shape index (κ3) is 2.95. The van der Waals surface area contributed by atoms with Crippen LogP contribution in [0.3, 0.4) is 0 Å². The number of para-hydroxylation sites is 1. The van der Waals surface area contributed by atoms with Gasteiger partial charge in [0.2, 0.25) is 0 Å². The Labute approximate surface area is 113 Å². The molecule has 19 heavy (non-hydrogen) atoms. The van der Waals surface area contributed by atoms with Crippen molar-refractivity contribution in [1.82, 2.24) is 9.78 Å². The maximum Gasteiger partial charge on any atom is 0.310 e. The van der Waals surface area contributed by atoms with Crippen molar-refractivity contribution < 1.29 is 9.53 Å². The first kappa shape index (κ1) is 13.6. The fourth-order valence-electron chi connectivity index (χ4n) is 2.27. The minimum absolute atomic E-state index is 0.209. The lowest BCUT2D eigenvalue weighted by Gasteiger charge is -2.19. The third-order valence-corrected chi connectivity index (χ3v) is 2.89. The van der Waals surface area contributed by atoms with Gasteiger partial charge in [-0.1, -0.05) is 18.2 Å². The number of fused-ring (bicyclic) bond motifs is 1. The highest BCUT2D eigenvalue weighted by Gasteiger charge is 2.18. The summed E-state index contributed by atoms with van der Waals surface area (Å²) in [5.74, 6) is -0.209. The van der Waals surface area contributed by atoms with E-state index in [0.717, 1.165) is 22.2 Å². The van der Waals surface area contributed by atoms with Gasteiger partial charge in [-0.3, -0.25) is 9.48 Å². The summed E-state index contributed by atoms with van der Waals surface area (Å²) in [6.07, 6.45) is 0.271. The van der Waals surface area contributed by atoms with Crippen molar-refractivity contribution in [3.8, 4) is 0 Å². The maximum absolute atomic E-state index is 11.9. The lowest BCUT2D eigenvalue weighted by Crippen LogP contribution is -2.25. The average molecular weight is 260 g/mol. The molecule has 1 heterocycles.